The van der Waals surface area contributed by atoms with E-state index in [1.54, 1.807) is 0 Å². The Morgan fingerprint density at radius 1 is 1.36 bits per heavy atom. The van der Waals surface area contributed by atoms with E-state index < -0.39 is 0 Å². The van der Waals surface area contributed by atoms with Crippen molar-refractivity contribution in [1.82, 2.24) is 5.32 Å². The lowest BCUT2D eigenvalue weighted by molar-refractivity contribution is 0.545. The molecular weight excluding hydrogens is 238 g/mol. The Labute approximate surface area is 94.0 Å². The minimum atomic E-state index is 0.0945. The Kier molecular flexibility index (Phi) is 4.19. The Hall–Kier alpha value is -0.780. The second-order valence-corrected chi connectivity index (χ2v) is 4.15. The molecule has 0 aromatic heterocycles. The third-order valence-corrected chi connectivity index (χ3v) is 2.84. The van der Waals surface area contributed by atoms with Gasteiger partial charge in [-0.3, -0.25) is 5.32 Å². The van der Waals surface area contributed by atoms with Gasteiger partial charge in [-0.2, -0.15) is 0 Å². The number of halogens is 1. The molecular formula is C12H14BrN. The molecule has 2 atom stereocenters. The summed E-state index contributed by atoms with van der Waals surface area (Å²) >= 11 is 3.52. The normalized spacial score (nSPS) is 14.4. The fraction of sp³-hybridized carbons (Fsp3) is 0.333. The van der Waals surface area contributed by atoms with E-state index in [-0.39, 0.29) is 12.1 Å². The van der Waals surface area contributed by atoms with Crippen LogP contribution >= 0.6 is 15.9 Å². The molecule has 0 aliphatic carbocycles. The number of terminal acetylenes is 1. The maximum Gasteiger partial charge on any atom is 0.0662 e. The van der Waals surface area contributed by atoms with Gasteiger partial charge in [0.15, 0.2) is 0 Å². The molecule has 0 bridgehead atoms. The van der Waals surface area contributed by atoms with Gasteiger partial charge in [-0.1, -0.05) is 40.0 Å². The van der Waals surface area contributed by atoms with Crippen LogP contribution < -0.4 is 5.32 Å². The van der Waals surface area contributed by atoms with Gasteiger partial charge in [0.05, 0.1) is 6.04 Å². The Morgan fingerprint density at radius 3 is 2.57 bits per heavy atom. The van der Waals surface area contributed by atoms with Crippen LogP contribution in [0.2, 0.25) is 0 Å². The first-order valence-corrected chi connectivity index (χ1v) is 5.41. The number of hydrogen-bond donors (Lipinski definition) is 1. The molecule has 1 aromatic carbocycles. The summed E-state index contributed by atoms with van der Waals surface area (Å²) in [6.07, 6.45) is 5.31. The molecule has 0 radical (unpaired) electrons. The van der Waals surface area contributed by atoms with Crippen LogP contribution in [0, 0.1) is 12.3 Å². The highest BCUT2D eigenvalue weighted by atomic mass is 79.9. The highest BCUT2D eigenvalue weighted by Gasteiger charge is 2.09. The van der Waals surface area contributed by atoms with E-state index in [0.717, 1.165) is 4.47 Å². The fourth-order valence-corrected chi connectivity index (χ4v) is 1.97. The first kappa shape index (κ1) is 11.3. The van der Waals surface area contributed by atoms with E-state index in [4.69, 9.17) is 6.42 Å². The average molecular weight is 252 g/mol. The van der Waals surface area contributed by atoms with E-state index in [9.17, 15) is 0 Å². The molecule has 0 spiro atoms. The monoisotopic (exact) mass is 251 g/mol. The van der Waals surface area contributed by atoms with E-state index in [1.165, 1.54) is 5.56 Å². The van der Waals surface area contributed by atoms with Crippen molar-refractivity contribution in [2.45, 2.75) is 25.9 Å². The summed E-state index contributed by atoms with van der Waals surface area (Å²) in [5.74, 6) is 2.66. The number of hydrogen-bond acceptors (Lipinski definition) is 1. The van der Waals surface area contributed by atoms with Gasteiger partial charge in [0, 0.05) is 10.5 Å². The van der Waals surface area contributed by atoms with E-state index in [1.807, 2.05) is 25.1 Å². The van der Waals surface area contributed by atoms with Gasteiger partial charge in [0.1, 0.15) is 0 Å². The maximum absolute atomic E-state index is 5.31. The van der Waals surface area contributed by atoms with Crippen molar-refractivity contribution in [2.75, 3.05) is 0 Å². The van der Waals surface area contributed by atoms with Crippen molar-refractivity contribution in [3.8, 4) is 12.3 Å². The molecule has 0 saturated heterocycles. The zero-order valence-corrected chi connectivity index (χ0v) is 10.0. The topological polar surface area (TPSA) is 12.0 Å². The van der Waals surface area contributed by atoms with Crippen molar-refractivity contribution >= 4 is 15.9 Å². The van der Waals surface area contributed by atoms with Crippen LogP contribution in [0.1, 0.15) is 25.5 Å². The lowest BCUT2D eigenvalue weighted by atomic mass is 10.1. The maximum atomic E-state index is 5.31. The molecule has 0 fully saturated rings. The van der Waals surface area contributed by atoms with Crippen LogP contribution in [0.4, 0.5) is 0 Å². The van der Waals surface area contributed by atoms with Gasteiger partial charge >= 0.3 is 0 Å². The molecule has 14 heavy (non-hydrogen) atoms. The summed E-state index contributed by atoms with van der Waals surface area (Å²) in [6, 6.07) is 8.51. The lowest BCUT2D eigenvalue weighted by Crippen LogP contribution is -2.27. The Bertz CT molecular complexity index is 340. The number of nitrogens with one attached hydrogen (secondary N) is 1. The number of rotatable bonds is 3. The van der Waals surface area contributed by atoms with Crippen LogP contribution in [-0.4, -0.2) is 6.04 Å². The summed E-state index contributed by atoms with van der Waals surface area (Å²) in [6.45, 7) is 4.08. The first-order valence-electron chi connectivity index (χ1n) is 4.61. The highest BCUT2D eigenvalue weighted by Crippen LogP contribution is 2.22. The summed E-state index contributed by atoms with van der Waals surface area (Å²) in [5, 5.41) is 3.32. The van der Waals surface area contributed by atoms with Crippen molar-refractivity contribution in [1.29, 1.82) is 0 Å². The predicted octanol–water partition coefficient (Wildman–Crippen LogP) is 3.12. The minimum Gasteiger partial charge on any atom is -0.297 e. The van der Waals surface area contributed by atoms with Crippen molar-refractivity contribution in [2.24, 2.45) is 0 Å². The smallest absolute Gasteiger partial charge is 0.0662 e. The van der Waals surface area contributed by atoms with Gasteiger partial charge < -0.3 is 0 Å². The van der Waals surface area contributed by atoms with Gasteiger partial charge in [-0.15, -0.1) is 6.42 Å². The molecule has 1 nitrogen and oxygen atoms in total. The largest absolute Gasteiger partial charge is 0.297 e. The van der Waals surface area contributed by atoms with E-state index in [0.29, 0.717) is 0 Å². The standard InChI is InChI=1S/C12H14BrN/c1-4-9(2)14-10(3)11-7-5-6-8-12(11)13/h1,5-10,14H,2-3H3/t9?,10-/m0/s1. The van der Waals surface area contributed by atoms with Crippen molar-refractivity contribution in [3.63, 3.8) is 0 Å². The third-order valence-electron chi connectivity index (χ3n) is 2.12. The highest BCUT2D eigenvalue weighted by molar-refractivity contribution is 9.10. The Morgan fingerprint density at radius 2 is 2.00 bits per heavy atom. The lowest BCUT2D eigenvalue weighted by Gasteiger charge is -2.17. The van der Waals surface area contributed by atoms with Gasteiger partial charge in [0.2, 0.25) is 0 Å². The molecule has 1 rings (SSSR count). The van der Waals surface area contributed by atoms with Gasteiger partial charge in [0.25, 0.3) is 0 Å². The average Bonchev–Trinajstić information content (AvgIpc) is 2.18. The van der Waals surface area contributed by atoms with Crippen LogP contribution in [0.15, 0.2) is 28.7 Å². The van der Waals surface area contributed by atoms with Gasteiger partial charge in [-0.25, -0.2) is 0 Å². The molecule has 0 aliphatic rings. The molecule has 0 aliphatic heterocycles. The van der Waals surface area contributed by atoms with Crippen LogP contribution in [-0.2, 0) is 0 Å². The first-order chi connectivity index (χ1) is 6.65. The molecule has 0 heterocycles. The van der Waals surface area contributed by atoms with Crippen LogP contribution in [0.3, 0.4) is 0 Å². The zero-order valence-electron chi connectivity index (χ0n) is 8.42. The van der Waals surface area contributed by atoms with E-state index in [2.05, 4.69) is 40.2 Å². The molecule has 0 amide bonds. The summed E-state index contributed by atoms with van der Waals surface area (Å²) in [5.41, 5.74) is 1.23. The second kappa shape index (κ2) is 5.19. The predicted molar refractivity (Wildman–Crippen MR) is 64.0 cm³/mol. The van der Waals surface area contributed by atoms with Gasteiger partial charge in [-0.05, 0) is 25.5 Å². The van der Waals surface area contributed by atoms with Crippen molar-refractivity contribution in [3.05, 3.63) is 34.3 Å². The second-order valence-electron chi connectivity index (χ2n) is 3.30. The number of benzene rings is 1. The molecule has 74 valence electrons. The molecule has 0 saturated carbocycles. The molecule has 2 heteroatoms. The third kappa shape index (κ3) is 2.87. The molecule has 1 N–H and O–H groups in total. The minimum absolute atomic E-state index is 0.0945. The SMILES string of the molecule is C#CC(C)N[C@@H](C)c1ccccc1Br. The molecule has 1 unspecified atom stereocenters. The molecule has 1 aromatic rings. The van der Waals surface area contributed by atoms with Crippen LogP contribution in [0.25, 0.3) is 0 Å². The Balaban J connectivity index is 2.75. The quantitative estimate of drug-likeness (QED) is 0.815. The van der Waals surface area contributed by atoms with E-state index >= 15 is 0 Å². The fourth-order valence-electron chi connectivity index (χ4n) is 1.34. The van der Waals surface area contributed by atoms with Crippen molar-refractivity contribution < 1.29 is 0 Å². The summed E-state index contributed by atoms with van der Waals surface area (Å²) in [7, 11) is 0. The summed E-state index contributed by atoms with van der Waals surface area (Å²) in [4.78, 5) is 0. The summed E-state index contributed by atoms with van der Waals surface area (Å²) < 4.78 is 1.12. The zero-order chi connectivity index (χ0) is 10.6. The van der Waals surface area contributed by atoms with Crippen LogP contribution in [0.5, 0.6) is 0 Å².